The molecule has 4 nitrogen and oxygen atoms in total. The minimum absolute atomic E-state index is 0.102. The van der Waals surface area contributed by atoms with Gasteiger partial charge in [-0.2, -0.15) is 0 Å². The molecule has 6 heteroatoms. The molecule has 1 N–H and O–H groups in total. The maximum absolute atomic E-state index is 14.5. The number of fused-ring (bicyclic) bond motifs is 1. The van der Waals surface area contributed by atoms with Crippen LogP contribution in [0.4, 0.5) is 4.39 Å². The molecule has 0 bridgehead atoms. The van der Waals surface area contributed by atoms with Gasteiger partial charge in [0, 0.05) is 12.0 Å². The maximum Gasteiger partial charge on any atom is 0.314 e. The molecule has 1 aliphatic heterocycles. The molecule has 2 aliphatic rings. The fourth-order valence-electron chi connectivity index (χ4n) is 2.72. The van der Waals surface area contributed by atoms with Gasteiger partial charge in [-0.15, -0.1) is 0 Å². The summed E-state index contributed by atoms with van der Waals surface area (Å²) in [4.78, 5) is 11.5. The van der Waals surface area contributed by atoms with Gasteiger partial charge in [0.15, 0.2) is 11.5 Å². The summed E-state index contributed by atoms with van der Waals surface area (Å²) in [7, 11) is 0. The Balaban J connectivity index is 2.15. The summed E-state index contributed by atoms with van der Waals surface area (Å²) < 4.78 is 25.4. The monoisotopic (exact) mass is 300 g/mol. The van der Waals surface area contributed by atoms with E-state index in [1.165, 1.54) is 6.07 Å². The zero-order valence-corrected chi connectivity index (χ0v) is 11.5. The van der Waals surface area contributed by atoms with Crippen LogP contribution in [-0.4, -0.2) is 24.3 Å². The van der Waals surface area contributed by atoms with Crippen molar-refractivity contribution >= 4 is 17.6 Å². The van der Waals surface area contributed by atoms with Crippen LogP contribution in [0.3, 0.4) is 0 Å². The first kappa shape index (κ1) is 13.5. The molecule has 0 radical (unpaired) electrons. The van der Waals surface area contributed by atoms with Crippen LogP contribution in [0.15, 0.2) is 6.07 Å². The van der Waals surface area contributed by atoms with E-state index in [2.05, 4.69) is 0 Å². The molecule has 1 fully saturated rings. The van der Waals surface area contributed by atoms with Crippen LogP contribution in [-0.2, 0) is 10.2 Å². The number of ether oxygens (including phenoxy) is 2. The van der Waals surface area contributed by atoms with Crippen molar-refractivity contribution in [3.8, 4) is 11.5 Å². The molecule has 1 aliphatic carbocycles. The summed E-state index contributed by atoms with van der Waals surface area (Å²) in [6, 6.07) is 1.44. The Morgan fingerprint density at radius 2 is 2.00 bits per heavy atom. The lowest BCUT2D eigenvalue weighted by molar-refractivity contribution is -0.147. The third-order valence-electron chi connectivity index (χ3n) is 4.05. The number of hydrogen-bond donors (Lipinski definition) is 1. The van der Waals surface area contributed by atoms with Crippen LogP contribution in [0.1, 0.15) is 31.2 Å². The van der Waals surface area contributed by atoms with Gasteiger partial charge < -0.3 is 14.6 Å². The molecule has 0 unspecified atom stereocenters. The molecule has 0 aromatic heterocycles. The molecule has 0 saturated heterocycles. The molecule has 1 aromatic carbocycles. The highest BCUT2D eigenvalue weighted by molar-refractivity contribution is 6.32. The number of benzene rings is 1. The average Bonchev–Trinajstić information content (AvgIpc) is 2.58. The lowest BCUT2D eigenvalue weighted by Crippen LogP contribution is -2.43. The van der Waals surface area contributed by atoms with E-state index in [1.54, 1.807) is 0 Å². The van der Waals surface area contributed by atoms with Crippen molar-refractivity contribution < 1.29 is 23.8 Å². The topological polar surface area (TPSA) is 55.8 Å². The lowest BCUT2D eigenvalue weighted by atomic mass is 9.64. The van der Waals surface area contributed by atoms with Crippen LogP contribution in [0.5, 0.6) is 11.5 Å². The first-order chi connectivity index (χ1) is 9.56. The van der Waals surface area contributed by atoms with Gasteiger partial charge >= 0.3 is 5.97 Å². The first-order valence-corrected chi connectivity index (χ1v) is 6.95. The van der Waals surface area contributed by atoms with E-state index in [1.807, 2.05) is 0 Å². The van der Waals surface area contributed by atoms with E-state index in [0.29, 0.717) is 38.2 Å². The Bertz CT molecular complexity index is 569. The molecule has 1 saturated carbocycles. The van der Waals surface area contributed by atoms with Crippen molar-refractivity contribution in [2.45, 2.75) is 31.1 Å². The van der Waals surface area contributed by atoms with Gasteiger partial charge in [0.05, 0.1) is 18.6 Å². The normalized spacial score (nSPS) is 19.9. The van der Waals surface area contributed by atoms with Crippen LogP contribution in [0.2, 0.25) is 5.02 Å². The maximum atomic E-state index is 14.5. The van der Waals surface area contributed by atoms with Gasteiger partial charge in [0.2, 0.25) is 0 Å². The van der Waals surface area contributed by atoms with Crippen LogP contribution < -0.4 is 9.47 Å². The van der Waals surface area contributed by atoms with Gasteiger partial charge in [-0.05, 0) is 18.9 Å². The number of carboxylic acid groups (broad SMARTS) is 1. The molecule has 3 rings (SSSR count). The summed E-state index contributed by atoms with van der Waals surface area (Å²) >= 11 is 6.01. The fraction of sp³-hybridized carbons (Fsp3) is 0.500. The average molecular weight is 301 g/mol. The van der Waals surface area contributed by atoms with Gasteiger partial charge in [0.1, 0.15) is 10.8 Å². The Labute approximate surface area is 120 Å². The van der Waals surface area contributed by atoms with Crippen molar-refractivity contribution in [3.05, 3.63) is 22.5 Å². The Morgan fingerprint density at radius 3 is 2.60 bits per heavy atom. The molecule has 0 amide bonds. The molecule has 1 aromatic rings. The van der Waals surface area contributed by atoms with Crippen molar-refractivity contribution in [2.75, 3.05) is 13.2 Å². The zero-order valence-electron chi connectivity index (χ0n) is 10.7. The third-order valence-corrected chi connectivity index (χ3v) is 4.39. The van der Waals surface area contributed by atoms with Crippen molar-refractivity contribution in [2.24, 2.45) is 0 Å². The fourth-order valence-corrected chi connectivity index (χ4v) is 2.97. The number of aliphatic carboxylic acids is 1. The number of carbonyl (C=O) groups is 1. The number of halogens is 2. The number of rotatable bonds is 2. The van der Waals surface area contributed by atoms with Gasteiger partial charge in [-0.3, -0.25) is 4.79 Å². The van der Waals surface area contributed by atoms with Crippen molar-refractivity contribution in [3.63, 3.8) is 0 Å². The second-order valence-corrected chi connectivity index (χ2v) is 5.55. The third kappa shape index (κ3) is 1.84. The molecule has 108 valence electrons. The SMILES string of the molecule is O=C(O)C1(c2cc3c(c(Cl)c2F)OCCCO3)CCC1. The van der Waals surface area contributed by atoms with Gasteiger partial charge in [-0.1, -0.05) is 18.0 Å². The quantitative estimate of drug-likeness (QED) is 0.911. The van der Waals surface area contributed by atoms with Crippen LogP contribution in [0.25, 0.3) is 0 Å². The van der Waals surface area contributed by atoms with E-state index in [9.17, 15) is 14.3 Å². The standard InChI is InChI=1S/C14H14ClFO4/c15-10-11(16)8(14(13(17)18)3-1-4-14)7-9-12(10)20-6-2-5-19-9/h7H,1-6H2,(H,17,18). The lowest BCUT2D eigenvalue weighted by Gasteiger charge is -2.38. The summed E-state index contributed by atoms with van der Waals surface area (Å²) in [6.07, 6.45) is 2.26. The number of hydrogen-bond acceptors (Lipinski definition) is 3. The van der Waals surface area contributed by atoms with Crippen molar-refractivity contribution in [1.82, 2.24) is 0 Å². The van der Waals surface area contributed by atoms with E-state index in [0.717, 1.165) is 6.42 Å². The van der Waals surface area contributed by atoms with Crippen LogP contribution in [0, 0.1) is 5.82 Å². The Kier molecular flexibility index (Phi) is 3.24. The molecular formula is C14H14ClFO4. The second kappa shape index (κ2) is 4.81. The summed E-state index contributed by atoms with van der Waals surface area (Å²) in [5, 5.41) is 9.24. The Morgan fingerprint density at radius 1 is 1.30 bits per heavy atom. The van der Waals surface area contributed by atoms with E-state index in [4.69, 9.17) is 21.1 Å². The highest BCUT2D eigenvalue weighted by Crippen LogP contribution is 2.50. The molecular weight excluding hydrogens is 287 g/mol. The molecule has 1 heterocycles. The highest BCUT2D eigenvalue weighted by Gasteiger charge is 2.48. The summed E-state index contributed by atoms with van der Waals surface area (Å²) in [5.74, 6) is -1.23. The predicted molar refractivity (Wildman–Crippen MR) is 70.2 cm³/mol. The largest absolute Gasteiger partial charge is 0.489 e. The zero-order chi connectivity index (χ0) is 14.3. The summed E-state index contributed by atoms with van der Waals surface area (Å²) in [6.45, 7) is 0.837. The molecule has 0 spiro atoms. The van der Waals surface area contributed by atoms with E-state index >= 15 is 0 Å². The summed E-state index contributed by atoms with van der Waals surface area (Å²) in [5.41, 5.74) is -1.08. The minimum Gasteiger partial charge on any atom is -0.489 e. The molecule has 0 atom stereocenters. The highest BCUT2D eigenvalue weighted by atomic mass is 35.5. The van der Waals surface area contributed by atoms with E-state index in [-0.39, 0.29) is 16.3 Å². The smallest absolute Gasteiger partial charge is 0.314 e. The Hall–Kier alpha value is -1.49. The van der Waals surface area contributed by atoms with Gasteiger partial charge in [0.25, 0.3) is 0 Å². The van der Waals surface area contributed by atoms with E-state index < -0.39 is 17.2 Å². The second-order valence-electron chi connectivity index (χ2n) is 5.17. The number of carboxylic acids is 1. The minimum atomic E-state index is -1.18. The van der Waals surface area contributed by atoms with Gasteiger partial charge in [-0.25, -0.2) is 4.39 Å². The van der Waals surface area contributed by atoms with Crippen molar-refractivity contribution in [1.29, 1.82) is 0 Å². The first-order valence-electron chi connectivity index (χ1n) is 6.58. The molecule has 20 heavy (non-hydrogen) atoms. The van der Waals surface area contributed by atoms with Crippen LogP contribution >= 0.6 is 11.6 Å². The predicted octanol–water partition coefficient (Wildman–Crippen LogP) is 3.15.